The summed E-state index contributed by atoms with van der Waals surface area (Å²) in [6.45, 7) is 7.65. The molecule has 16 nitrogen and oxygen atoms in total. The van der Waals surface area contributed by atoms with Gasteiger partial charge in [-0.25, -0.2) is 28.8 Å². The summed E-state index contributed by atoms with van der Waals surface area (Å²) in [4.78, 5) is 71.8. The van der Waals surface area contributed by atoms with E-state index in [4.69, 9.17) is 47.4 Å². The quantitative estimate of drug-likeness (QED) is 0.0454. The Labute approximate surface area is 323 Å². The van der Waals surface area contributed by atoms with Gasteiger partial charge in [0.25, 0.3) is 0 Å². The molecule has 2 aromatic carbocycles. The van der Waals surface area contributed by atoms with Crippen LogP contribution in [0.15, 0.2) is 73.8 Å². The molecular formula is C40H46O16. The highest BCUT2D eigenvalue weighted by molar-refractivity contribution is 5.90. The minimum absolute atomic E-state index is 0.0281. The van der Waals surface area contributed by atoms with E-state index in [2.05, 4.69) is 13.2 Å². The summed E-state index contributed by atoms with van der Waals surface area (Å²) in [5.74, 6) is -1.87. The Balaban J connectivity index is 1.10. The lowest BCUT2D eigenvalue weighted by Crippen LogP contribution is -2.36. The number of fused-ring (bicyclic) bond motifs is 1. The van der Waals surface area contributed by atoms with Crippen LogP contribution < -0.4 is 9.47 Å². The summed E-state index contributed by atoms with van der Waals surface area (Å²) < 4.78 is 53.1. The van der Waals surface area contributed by atoms with Gasteiger partial charge < -0.3 is 47.4 Å². The molecule has 2 saturated heterocycles. The first kappa shape index (κ1) is 43.0. The fourth-order valence-corrected chi connectivity index (χ4v) is 5.50. The largest absolute Gasteiger partial charge is 0.513 e. The Morgan fingerprint density at radius 1 is 0.518 bits per heavy atom. The average molecular weight is 783 g/mol. The number of unbranched alkanes of at least 4 members (excludes halogenated alkanes) is 6. The average Bonchev–Trinajstić information content (AvgIpc) is 3.79. The molecule has 16 heteroatoms. The molecule has 2 aromatic rings. The summed E-state index contributed by atoms with van der Waals surface area (Å²) in [5, 5.41) is 0. The predicted molar refractivity (Wildman–Crippen MR) is 194 cm³/mol. The monoisotopic (exact) mass is 782 g/mol. The predicted octanol–water partition coefficient (Wildman–Crippen LogP) is 5.85. The fourth-order valence-electron chi connectivity index (χ4n) is 5.50. The van der Waals surface area contributed by atoms with Crippen molar-refractivity contribution in [1.29, 1.82) is 0 Å². The number of rotatable bonds is 22. The van der Waals surface area contributed by atoms with E-state index in [0.717, 1.165) is 37.8 Å². The van der Waals surface area contributed by atoms with Crippen LogP contribution in [0.25, 0.3) is 0 Å². The molecule has 0 aliphatic carbocycles. The molecule has 0 bridgehead atoms. The van der Waals surface area contributed by atoms with Crippen LogP contribution in [0.3, 0.4) is 0 Å². The second-order valence-electron chi connectivity index (χ2n) is 12.5. The minimum Gasteiger partial charge on any atom is -0.463 e. The first-order valence-electron chi connectivity index (χ1n) is 18.3. The van der Waals surface area contributed by atoms with Crippen molar-refractivity contribution in [3.05, 3.63) is 85.0 Å². The standard InChI is InChI=1S/C40H46O16/c1-3-33(41)47-21-9-5-7-11-23-49-39(45)53-29-17-13-27(14-18-29)37(43)55-31-25-51-36-32(26-52-35(31)36)56-38(44)28-15-19-30(20-16-28)54-40(46)50-24-12-8-6-10-22-48-34(42)4-2/h3-4,13-20,31-32,35-36H,1-2,5-12,21-26H2/t31-,32-,35?,36?/m0/s1. The van der Waals surface area contributed by atoms with Crippen molar-refractivity contribution in [2.75, 3.05) is 39.6 Å². The van der Waals surface area contributed by atoms with Gasteiger partial charge in [-0.15, -0.1) is 0 Å². The van der Waals surface area contributed by atoms with Gasteiger partial charge >= 0.3 is 36.2 Å². The minimum atomic E-state index is -0.880. The van der Waals surface area contributed by atoms with E-state index in [9.17, 15) is 28.8 Å². The third-order valence-corrected chi connectivity index (χ3v) is 8.40. The number of esters is 4. The van der Waals surface area contributed by atoms with Crippen molar-refractivity contribution in [2.24, 2.45) is 0 Å². The molecule has 0 saturated carbocycles. The third-order valence-electron chi connectivity index (χ3n) is 8.40. The van der Waals surface area contributed by atoms with E-state index in [-0.39, 0.29) is 49.1 Å². The van der Waals surface area contributed by atoms with Crippen molar-refractivity contribution < 1.29 is 76.1 Å². The van der Waals surface area contributed by atoms with Gasteiger partial charge in [-0.2, -0.15) is 0 Å². The van der Waals surface area contributed by atoms with Gasteiger partial charge in [0.1, 0.15) is 23.7 Å². The molecule has 4 atom stereocenters. The Bertz CT molecular complexity index is 1510. The first-order valence-corrected chi connectivity index (χ1v) is 18.3. The number of carbonyl (C=O) groups is 6. The van der Waals surface area contributed by atoms with Crippen LogP contribution in [0.2, 0.25) is 0 Å². The van der Waals surface area contributed by atoms with Gasteiger partial charge in [0.05, 0.1) is 50.8 Å². The summed E-state index contributed by atoms with van der Waals surface area (Å²) in [6.07, 6.45) is 3.40. The van der Waals surface area contributed by atoms with Crippen LogP contribution >= 0.6 is 0 Å². The second kappa shape index (κ2) is 23.2. The molecule has 0 spiro atoms. The molecule has 2 heterocycles. The molecule has 4 rings (SSSR count). The van der Waals surface area contributed by atoms with E-state index >= 15 is 0 Å². The molecule has 0 N–H and O–H groups in total. The first-order chi connectivity index (χ1) is 27.2. The highest BCUT2D eigenvalue weighted by Crippen LogP contribution is 2.32. The maximum Gasteiger partial charge on any atom is 0.513 e. The second-order valence-corrected chi connectivity index (χ2v) is 12.5. The van der Waals surface area contributed by atoms with Crippen molar-refractivity contribution in [1.82, 2.24) is 0 Å². The van der Waals surface area contributed by atoms with E-state index in [1.54, 1.807) is 0 Å². The van der Waals surface area contributed by atoms with Crippen LogP contribution in [0, 0.1) is 0 Å². The van der Waals surface area contributed by atoms with Crippen LogP contribution in [0.5, 0.6) is 11.5 Å². The maximum atomic E-state index is 12.9. The van der Waals surface area contributed by atoms with Crippen molar-refractivity contribution in [3.63, 3.8) is 0 Å². The maximum absolute atomic E-state index is 12.9. The van der Waals surface area contributed by atoms with E-state index in [0.29, 0.717) is 38.9 Å². The highest BCUT2D eigenvalue weighted by atomic mass is 16.7. The molecular weight excluding hydrogens is 736 g/mol. The lowest BCUT2D eigenvalue weighted by atomic mass is 10.1. The summed E-state index contributed by atoms with van der Waals surface area (Å²) in [5.41, 5.74) is 0.402. The zero-order valence-corrected chi connectivity index (χ0v) is 30.9. The van der Waals surface area contributed by atoms with Gasteiger partial charge in [0.2, 0.25) is 0 Å². The molecule has 302 valence electrons. The molecule has 2 aliphatic heterocycles. The molecule has 0 amide bonds. The van der Waals surface area contributed by atoms with Gasteiger partial charge in [0.15, 0.2) is 12.2 Å². The van der Waals surface area contributed by atoms with Crippen molar-refractivity contribution >= 4 is 36.2 Å². The lowest BCUT2D eigenvalue weighted by Gasteiger charge is -2.17. The molecule has 2 fully saturated rings. The van der Waals surface area contributed by atoms with Crippen LogP contribution in [0.1, 0.15) is 72.1 Å². The van der Waals surface area contributed by atoms with E-state index in [1.165, 1.54) is 48.5 Å². The summed E-state index contributed by atoms with van der Waals surface area (Å²) in [6, 6.07) is 11.5. The van der Waals surface area contributed by atoms with Crippen LogP contribution in [-0.4, -0.2) is 100 Å². The van der Waals surface area contributed by atoms with E-state index in [1.807, 2.05) is 0 Å². The fraction of sp³-hybridized carbons (Fsp3) is 0.450. The molecule has 0 radical (unpaired) electrons. The highest BCUT2D eigenvalue weighted by Gasteiger charge is 2.51. The SMILES string of the molecule is C=CC(=O)OCCCCCCOC(=O)Oc1ccc(C(=O)O[C@H]2COC3C2OC[C@@H]3OC(=O)c2ccc(OC(=O)OCCCCCCOC(=O)C=C)cc2)cc1. The molecule has 2 aliphatic rings. The molecule has 0 aromatic heterocycles. The summed E-state index contributed by atoms with van der Waals surface area (Å²) in [7, 11) is 0. The topological polar surface area (TPSA) is 195 Å². The van der Waals surface area contributed by atoms with Gasteiger partial charge in [-0.1, -0.05) is 13.2 Å². The zero-order chi connectivity index (χ0) is 40.1. The number of hydrogen-bond donors (Lipinski definition) is 0. The Morgan fingerprint density at radius 2 is 0.857 bits per heavy atom. The van der Waals surface area contributed by atoms with Crippen LogP contribution in [0.4, 0.5) is 9.59 Å². The normalized spacial score (nSPS) is 18.1. The van der Waals surface area contributed by atoms with Gasteiger partial charge in [-0.3, -0.25) is 0 Å². The van der Waals surface area contributed by atoms with Gasteiger partial charge in [0, 0.05) is 12.2 Å². The Kier molecular flexibility index (Phi) is 17.8. The number of hydrogen-bond acceptors (Lipinski definition) is 16. The molecule has 56 heavy (non-hydrogen) atoms. The Hall–Kier alpha value is -5.74. The third kappa shape index (κ3) is 14.5. The number of ether oxygens (including phenoxy) is 10. The number of benzene rings is 2. The van der Waals surface area contributed by atoms with Crippen molar-refractivity contribution in [3.8, 4) is 11.5 Å². The van der Waals surface area contributed by atoms with Gasteiger partial charge in [-0.05, 0) is 99.9 Å². The zero-order valence-electron chi connectivity index (χ0n) is 30.9. The smallest absolute Gasteiger partial charge is 0.463 e. The lowest BCUT2D eigenvalue weighted by molar-refractivity contribution is -0.138. The van der Waals surface area contributed by atoms with Crippen molar-refractivity contribution in [2.45, 2.75) is 75.8 Å². The summed E-state index contributed by atoms with van der Waals surface area (Å²) >= 11 is 0. The van der Waals surface area contributed by atoms with E-state index < -0.39 is 60.6 Å². The Morgan fingerprint density at radius 3 is 1.20 bits per heavy atom. The van der Waals surface area contributed by atoms with Crippen LogP contribution in [-0.2, 0) is 47.5 Å². The molecule has 2 unspecified atom stereocenters. The number of carbonyl (C=O) groups excluding carboxylic acids is 6.